The first-order valence-corrected chi connectivity index (χ1v) is 10.6. The molecule has 0 radical (unpaired) electrons. The van der Waals surface area contributed by atoms with E-state index in [9.17, 15) is 14.4 Å². The molecule has 3 aromatic rings. The first kappa shape index (κ1) is 21.6. The van der Waals surface area contributed by atoms with Crippen LogP contribution in [0.2, 0.25) is 0 Å². The average molecular weight is 435 g/mol. The van der Waals surface area contributed by atoms with Crippen molar-refractivity contribution in [2.45, 2.75) is 26.4 Å². The second-order valence-corrected chi connectivity index (χ2v) is 8.02. The molecule has 1 aromatic carbocycles. The fourth-order valence-corrected chi connectivity index (χ4v) is 3.91. The van der Waals surface area contributed by atoms with Crippen LogP contribution in [0.1, 0.15) is 28.9 Å². The molecular weight excluding hydrogens is 408 g/mol. The molecule has 166 valence electrons. The van der Waals surface area contributed by atoms with Gasteiger partial charge in [0.1, 0.15) is 5.82 Å². The van der Waals surface area contributed by atoms with Crippen LogP contribution in [-0.4, -0.2) is 51.6 Å². The Kier molecular flexibility index (Phi) is 6.27. The number of carbonyl (C=O) groups is 2. The Balaban J connectivity index is 1.44. The van der Waals surface area contributed by atoms with Gasteiger partial charge in [0, 0.05) is 37.6 Å². The molecular formula is C23H26N6O3. The molecule has 0 bridgehead atoms. The van der Waals surface area contributed by atoms with Gasteiger partial charge in [-0.05, 0) is 37.5 Å². The molecule has 4 rings (SSSR count). The number of anilines is 1. The van der Waals surface area contributed by atoms with Crippen LogP contribution >= 0.6 is 0 Å². The van der Waals surface area contributed by atoms with Crippen LogP contribution < -0.4 is 16.2 Å². The van der Waals surface area contributed by atoms with Crippen molar-refractivity contribution in [2.75, 3.05) is 25.5 Å². The predicted molar refractivity (Wildman–Crippen MR) is 121 cm³/mol. The fourth-order valence-electron chi connectivity index (χ4n) is 3.91. The van der Waals surface area contributed by atoms with E-state index in [4.69, 9.17) is 0 Å². The zero-order chi connectivity index (χ0) is 22.7. The van der Waals surface area contributed by atoms with Crippen molar-refractivity contribution in [3.63, 3.8) is 0 Å². The van der Waals surface area contributed by atoms with Gasteiger partial charge < -0.3 is 10.6 Å². The van der Waals surface area contributed by atoms with E-state index in [0.717, 1.165) is 5.56 Å². The summed E-state index contributed by atoms with van der Waals surface area (Å²) in [4.78, 5) is 44.1. The number of amides is 2. The number of hydrogen-bond donors (Lipinski definition) is 2. The molecule has 32 heavy (non-hydrogen) atoms. The number of nitrogens with one attached hydrogen (secondary N) is 2. The number of benzene rings is 1. The minimum Gasteiger partial charge on any atom is -0.354 e. The van der Waals surface area contributed by atoms with E-state index in [-0.39, 0.29) is 35.7 Å². The number of piperidine rings is 1. The summed E-state index contributed by atoms with van der Waals surface area (Å²) in [6.45, 7) is 3.51. The summed E-state index contributed by atoms with van der Waals surface area (Å²) in [6, 6.07) is 10.7. The van der Waals surface area contributed by atoms with Gasteiger partial charge in [-0.2, -0.15) is 5.10 Å². The SMILES string of the molecule is CNC(=O)c1nn(CN2CCC(C(=O)Nc3ccc(C)cn3)CC2)c(=O)c2ccccc12. The van der Waals surface area contributed by atoms with Gasteiger partial charge in [-0.15, -0.1) is 0 Å². The van der Waals surface area contributed by atoms with Crippen LogP contribution in [-0.2, 0) is 11.5 Å². The number of pyridine rings is 1. The van der Waals surface area contributed by atoms with E-state index < -0.39 is 0 Å². The molecule has 0 aliphatic carbocycles. The van der Waals surface area contributed by atoms with Crippen LogP contribution in [0.25, 0.3) is 10.8 Å². The molecule has 1 aliphatic rings. The quantitative estimate of drug-likeness (QED) is 0.633. The van der Waals surface area contributed by atoms with Crippen LogP contribution in [0.4, 0.5) is 5.82 Å². The standard InChI is InChI=1S/C23H26N6O3/c1-15-7-8-19(25-13-15)26-21(30)16-9-11-28(12-10-16)14-29-23(32)18-6-4-3-5-17(18)20(27-29)22(31)24-2/h3-8,13,16H,9-12,14H2,1-2H3,(H,24,31)(H,25,26,30). The summed E-state index contributed by atoms with van der Waals surface area (Å²) in [6.07, 6.45) is 3.06. The second-order valence-electron chi connectivity index (χ2n) is 8.02. The van der Waals surface area contributed by atoms with E-state index in [1.807, 2.05) is 13.0 Å². The largest absolute Gasteiger partial charge is 0.354 e. The molecule has 1 fully saturated rings. The second kappa shape index (κ2) is 9.27. The van der Waals surface area contributed by atoms with Crippen LogP contribution in [0.3, 0.4) is 0 Å². The van der Waals surface area contributed by atoms with Gasteiger partial charge in [0.25, 0.3) is 11.5 Å². The summed E-state index contributed by atoms with van der Waals surface area (Å²) in [7, 11) is 1.54. The van der Waals surface area contributed by atoms with E-state index in [1.54, 1.807) is 36.5 Å². The zero-order valence-electron chi connectivity index (χ0n) is 18.2. The average Bonchev–Trinajstić information content (AvgIpc) is 2.82. The Hall–Kier alpha value is -3.59. The highest BCUT2D eigenvalue weighted by Gasteiger charge is 2.26. The lowest BCUT2D eigenvalue weighted by Gasteiger charge is -2.31. The Bertz CT molecular complexity index is 1200. The predicted octanol–water partition coefficient (Wildman–Crippen LogP) is 1.77. The summed E-state index contributed by atoms with van der Waals surface area (Å²) in [5, 5.41) is 10.8. The third kappa shape index (κ3) is 4.52. The molecule has 0 atom stereocenters. The molecule has 2 N–H and O–H groups in total. The van der Waals surface area contributed by atoms with Gasteiger partial charge in [0.15, 0.2) is 5.69 Å². The summed E-state index contributed by atoms with van der Waals surface area (Å²) in [5.74, 6) is 0.0627. The molecule has 9 nitrogen and oxygen atoms in total. The minimum atomic E-state index is -0.338. The maximum absolute atomic E-state index is 12.9. The lowest BCUT2D eigenvalue weighted by molar-refractivity contribution is -0.121. The number of rotatable bonds is 5. The van der Waals surface area contributed by atoms with Gasteiger partial charge in [0.05, 0.1) is 12.1 Å². The highest BCUT2D eigenvalue weighted by atomic mass is 16.2. The van der Waals surface area contributed by atoms with E-state index in [2.05, 4.69) is 25.6 Å². The summed E-state index contributed by atoms with van der Waals surface area (Å²) in [5.41, 5.74) is 1.02. The Morgan fingerprint density at radius 1 is 1.09 bits per heavy atom. The monoisotopic (exact) mass is 434 g/mol. The zero-order valence-corrected chi connectivity index (χ0v) is 18.2. The van der Waals surface area contributed by atoms with Crippen molar-refractivity contribution in [1.29, 1.82) is 0 Å². The molecule has 2 aromatic heterocycles. The fraction of sp³-hybridized carbons (Fsp3) is 0.348. The molecule has 0 unspecified atom stereocenters. The Labute approximate surface area is 185 Å². The number of carbonyl (C=O) groups excluding carboxylic acids is 2. The van der Waals surface area contributed by atoms with Crippen LogP contribution in [0, 0.1) is 12.8 Å². The van der Waals surface area contributed by atoms with Gasteiger partial charge in [0.2, 0.25) is 5.91 Å². The molecule has 2 amide bonds. The van der Waals surface area contributed by atoms with Crippen LogP contribution in [0.15, 0.2) is 47.4 Å². The van der Waals surface area contributed by atoms with E-state index in [0.29, 0.717) is 42.5 Å². The number of nitrogens with zero attached hydrogens (tertiary/aromatic N) is 4. The number of likely N-dealkylation sites (tertiary alicyclic amines) is 1. The van der Waals surface area contributed by atoms with Crippen molar-refractivity contribution in [2.24, 2.45) is 5.92 Å². The topological polar surface area (TPSA) is 109 Å². The molecule has 9 heteroatoms. The van der Waals surface area contributed by atoms with Crippen molar-refractivity contribution in [3.05, 3.63) is 64.2 Å². The highest BCUT2D eigenvalue weighted by molar-refractivity contribution is 6.04. The first-order chi connectivity index (χ1) is 15.5. The first-order valence-electron chi connectivity index (χ1n) is 10.6. The Morgan fingerprint density at radius 3 is 2.47 bits per heavy atom. The van der Waals surface area contributed by atoms with Gasteiger partial charge in [-0.25, -0.2) is 9.67 Å². The van der Waals surface area contributed by atoms with E-state index >= 15 is 0 Å². The normalized spacial score (nSPS) is 14.9. The lowest BCUT2D eigenvalue weighted by Crippen LogP contribution is -2.42. The van der Waals surface area contributed by atoms with Crippen molar-refractivity contribution in [1.82, 2.24) is 25.0 Å². The number of aromatic nitrogens is 3. The van der Waals surface area contributed by atoms with Gasteiger partial charge in [-0.3, -0.25) is 19.3 Å². The van der Waals surface area contributed by atoms with E-state index in [1.165, 1.54) is 11.7 Å². The molecule has 1 saturated heterocycles. The molecule has 0 saturated carbocycles. The van der Waals surface area contributed by atoms with Crippen LogP contribution in [0.5, 0.6) is 0 Å². The van der Waals surface area contributed by atoms with Gasteiger partial charge >= 0.3 is 0 Å². The number of aryl methyl sites for hydroxylation is 1. The minimum absolute atomic E-state index is 0.0381. The molecule has 0 spiro atoms. The van der Waals surface area contributed by atoms with Crippen molar-refractivity contribution in [3.8, 4) is 0 Å². The third-order valence-electron chi connectivity index (χ3n) is 5.76. The smallest absolute Gasteiger partial charge is 0.275 e. The number of hydrogen-bond acceptors (Lipinski definition) is 6. The summed E-state index contributed by atoms with van der Waals surface area (Å²) >= 11 is 0. The van der Waals surface area contributed by atoms with Crippen molar-refractivity contribution < 1.29 is 9.59 Å². The maximum atomic E-state index is 12.9. The highest BCUT2D eigenvalue weighted by Crippen LogP contribution is 2.20. The lowest BCUT2D eigenvalue weighted by atomic mass is 9.96. The third-order valence-corrected chi connectivity index (χ3v) is 5.76. The van der Waals surface area contributed by atoms with Gasteiger partial charge in [-0.1, -0.05) is 24.3 Å². The van der Waals surface area contributed by atoms with Crippen molar-refractivity contribution >= 4 is 28.4 Å². The molecule has 3 heterocycles. The molecule has 1 aliphatic heterocycles. The summed E-state index contributed by atoms with van der Waals surface area (Å²) < 4.78 is 1.34. The Morgan fingerprint density at radius 2 is 1.81 bits per heavy atom. The maximum Gasteiger partial charge on any atom is 0.275 e. The number of fused-ring (bicyclic) bond motifs is 1.